The van der Waals surface area contributed by atoms with E-state index in [-0.39, 0.29) is 6.03 Å². The van der Waals surface area contributed by atoms with E-state index in [1.807, 2.05) is 4.90 Å². The number of hydrogen-bond donors (Lipinski definition) is 1. The molecule has 2 bridgehead atoms. The highest BCUT2D eigenvalue weighted by molar-refractivity contribution is 5.90. The van der Waals surface area contributed by atoms with E-state index in [1.54, 1.807) is 12.3 Å². The van der Waals surface area contributed by atoms with Crippen LogP contribution in [0.15, 0.2) is 24.7 Å². The summed E-state index contributed by atoms with van der Waals surface area (Å²) < 4.78 is 1.48. The van der Waals surface area contributed by atoms with Crippen LogP contribution in [0.25, 0.3) is 5.69 Å². The molecule has 0 spiro atoms. The summed E-state index contributed by atoms with van der Waals surface area (Å²) in [5, 5.41) is 19.7. The maximum Gasteiger partial charge on any atom is 0.323 e. The lowest BCUT2D eigenvalue weighted by molar-refractivity contribution is -0.00603. The number of nitrogens with one attached hydrogen (secondary N) is 1. The van der Waals surface area contributed by atoms with Crippen molar-refractivity contribution in [1.29, 1.82) is 5.26 Å². The zero-order chi connectivity index (χ0) is 16.7. The Kier molecular flexibility index (Phi) is 3.41. The van der Waals surface area contributed by atoms with Crippen LogP contribution in [0.1, 0.15) is 31.7 Å². The molecule has 3 fully saturated rings. The highest BCUT2D eigenvalue weighted by Crippen LogP contribution is 2.41. The molecule has 24 heavy (non-hydrogen) atoms. The van der Waals surface area contributed by atoms with Gasteiger partial charge in [-0.1, -0.05) is 12.1 Å². The van der Waals surface area contributed by atoms with E-state index in [2.05, 4.69) is 33.6 Å². The van der Waals surface area contributed by atoms with Crippen LogP contribution < -0.4 is 5.32 Å². The largest absolute Gasteiger partial charge is 0.323 e. The van der Waals surface area contributed by atoms with E-state index in [0.29, 0.717) is 35.1 Å². The van der Waals surface area contributed by atoms with Gasteiger partial charge in [0, 0.05) is 24.3 Å². The average Bonchev–Trinajstić information content (AvgIpc) is 3.08. The number of carbonyl (C=O) groups is 1. The molecule has 122 valence electrons. The number of fused-ring (bicyclic) bond motifs is 2. The minimum atomic E-state index is -0.120. The Morgan fingerprint density at radius 3 is 2.83 bits per heavy atom. The van der Waals surface area contributed by atoms with Gasteiger partial charge < -0.3 is 4.90 Å². The van der Waals surface area contributed by atoms with Gasteiger partial charge in [-0.2, -0.15) is 5.26 Å². The van der Waals surface area contributed by atoms with Gasteiger partial charge in [-0.05, 0) is 25.2 Å². The lowest BCUT2D eigenvalue weighted by Gasteiger charge is -2.54. The molecule has 8 heteroatoms. The first-order chi connectivity index (χ1) is 11.7. The number of carbonyl (C=O) groups excluding carboxylic acids is 1. The van der Waals surface area contributed by atoms with Crippen LogP contribution in [0.4, 0.5) is 10.6 Å². The standard InChI is InChI=1S/C16H17N7O/c1-10-4-12-6-13(5-10)23(12)16(24)20-15-7-14(11(8-17)9-18-15)22-3-2-19-21-22/h2-3,7,9-10,12-13H,4-6H2,1H3,(H,18,20,24)/t10?,12-,13?/m1/s1. The third kappa shape index (κ3) is 2.38. The maximum absolute atomic E-state index is 12.5. The van der Waals surface area contributed by atoms with Gasteiger partial charge in [-0.15, -0.1) is 5.10 Å². The van der Waals surface area contributed by atoms with Crippen LogP contribution in [0, 0.1) is 17.2 Å². The molecule has 2 aromatic heterocycles. The monoisotopic (exact) mass is 323 g/mol. The molecule has 2 unspecified atom stereocenters. The van der Waals surface area contributed by atoms with Gasteiger partial charge in [0.15, 0.2) is 0 Å². The van der Waals surface area contributed by atoms with Crippen LogP contribution in [-0.2, 0) is 0 Å². The van der Waals surface area contributed by atoms with Crippen LogP contribution in [-0.4, -0.2) is 43.0 Å². The van der Waals surface area contributed by atoms with Crippen molar-refractivity contribution in [3.63, 3.8) is 0 Å². The van der Waals surface area contributed by atoms with E-state index in [1.165, 1.54) is 17.1 Å². The topological polar surface area (TPSA) is 99.7 Å². The van der Waals surface area contributed by atoms with Gasteiger partial charge in [0.2, 0.25) is 0 Å². The Hall–Kier alpha value is -2.95. The summed E-state index contributed by atoms with van der Waals surface area (Å²) in [4.78, 5) is 18.6. The summed E-state index contributed by atoms with van der Waals surface area (Å²) in [5.74, 6) is 1.09. The molecular formula is C16H17N7O. The number of urea groups is 1. The first-order valence-electron chi connectivity index (χ1n) is 8.02. The van der Waals surface area contributed by atoms with E-state index in [0.717, 1.165) is 19.3 Å². The lowest BCUT2D eigenvalue weighted by atomic mass is 9.74. The molecule has 1 aliphatic carbocycles. The first-order valence-corrected chi connectivity index (χ1v) is 8.02. The van der Waals surface area contributed by atoms with Crippen molar-refractivity contribution in [2.24, 2.45) is 5.92 Å². The van der Waals surface area contributed by atoms with Crippen molar-refractivity contribution in [2.75, 3.05) is 5.32 Å². The lowest BCUT2D eigenvalue weighted by Crippen LogP contribution is -2.63. The van der Waals surface area contributed by atoms with Gasteiger partial charge in [-0.25, -0.2) is 14.5 Å². The second kappa shape index (κ2) is 5.60. The fraction of sp³-hybridized carbons (Fsp3) is 0.438. The Morgan fingerprint density at radius 2 is 2.17 bits per heavy atom. The molecule has 2 saturated heterocycles. The number of amides is 2. The highest BCUT2D eigenvalue weighted by Gasteiger charge is 2.46. The zero-order valence-corrected chi connectivity index (χ0v) is 13.3. The summed E-state index contributed by atoms with van der Waals surface area (Å²) in [7, 11) is 0. The molecule has 2 aliphatic heterocycles. The van der Waals surface area contributed by atoms with Crippen LogP contribution >= 0.6 is 0 Å². The molecule has 0 radical (unpaired) electrons. The van der Waals surface area contributed by atoms with Crippen LogP contribution in [0.3, 0.4) is 0 Å². The molecule has 2 amide bonds. The van der Waals surface area contributed by atoms with E-state index in [4.69, 9.17) is 0 Å². The molecule has 8 nitrogen and oxygen atoms in total. The Morgan fingerprint density at radius 1 is 1.38 bits per heavy atom. The van der Waals surface area contributed by atoms with Crippen molar-refractivity contribution in [2.45, 2.75) is 38.3 Å². The van der Waals surface area contributed by atoms with Gasteiger partial charge in [0.1, 0.15) is 11.9 Å². The van der Waals surface area contributed by atoms with Gasteiger partial charge >= 0.3 is 6.03 Å². The molecule has 3 atom stereocenters. The quantitative estimate of drug-likeness (QED) is 0.910. The number of hydrogen-bond acceptors (Lipinski definition) is 5. The number of anilines is 1. The SMILES string of the molecule is CC1CC2C[C@@H](C1)N2C(=O)Nc1cc(-n2ccnn2)c(C#N)cn1. The van der Waals surface area contributed by atoms with Crippen molar-refractivity contribution in [1.82, 2.24) is 24.9 Å². The van der Waals surface area contributed by atoms with E-state index >= 15 is 0 Å². The number of pyridine rings is 1. The predicted molar refractivity (Wildman–Crippen MR) is 85.3 cm³/mol. The van der Waals surface area contributed by atoms with Crippen LogP contribution in [0.5, 0.6) is 0 Å². The van der Waals surface area contributed by atoms with Crippen molar-refractivity contribution in [3.05, 3.63) is 30.2 Å². The predicted octanol–water partition coefficient (Wildman–Crippen LogP) is 1.94. The second-order valence-electron chi connectivity index (χ2n) is 6.50. The smallest absolute Gasteiger partial charge is 0.318 e. The average molecular weight is 323 g/mol. The minimum absolute atomic E-state index is 0.120. The summed E-state index contributed by atoms with van der Waals surface area (Å²) >= 11 is 0. The third-order valence-electron chi connectivity index (χ3n) is 4.82. The molecule has 4 heterocycles. The van der Waals surface area contributed by atoms with Gasteiger partial charge in [0.25, 0.3) is 0 Å². The number of piperidine rings is 1. The number of rotatable bonds is 2. The molecule has 5 rings (SSSR count). The van der Waals surface area contributed by atoms with Gasteiger partial charge in [-0.3, -0.25) is 5.32 Å². The van der Waals surface area contributed by atoms with Crippen molar-refractivity contribution < 1.29 is 4.79 Å². The highest BCUT2D eigenvalue weighted by atomic mass is 16.2. The fourth-order valence-corrected chi connectivity index (χ4v) is 3.78. The van der Waals surface area contributed by atoms with Crippen LogP contribution in [0.2, 0.25) is 0 Å². The number of nitrogens with zero attached hydrogens (tertiary/aromatic N) is 6. The minimum Gasteiger partial charge on any atom is -0.318 e. The fourth-order valence-electron chi connectivity index (χ4n) is 3.78. The maximum atomic E-state index is 12.5. The zero-order valence-electron chi connectivity index (χ0n) is 13.3. The Labute approximate surface area is 139 Å². The van der Waals surface area contributed by atoms with E-state index in [9.17, 15) is 10.1 Å². The summed E-state index contributed by atoms with van der Waals surface area (Å²) in [5.41, 5.74) is 0.908. The van der Waals surface area contributed by atoms with Crippen molar-refractivity contribution >= 4 is 11.8 Å². The first kappa shape index (κ1) is 14.6. The molecule has 3 aliphatic rings. The molecule has 1 N–H and O–H groups in total. The normalized spacial score (nSPS) is 24.8. The van der Waals surface area contributed by atoms with Gasteiger partial charge in [0.05, 0.1) is 23.6 Å². The summed E-state index contributed by atoms with van der Waals surface area (Å²) in [6.45, 7) is 2.24. The summed E-state index contributed by atoms with van der Waals surface area (Å²) in [6.07, 6.45) is 7.84. The number of aromatic nitrogens is 4. The molecular weight excluding hydrogens is 306 g/mol. The Balaban J connectivity index is 1.54. The second-order valence-corrected chi connectivity index (χ2v) is 6.50. The molecule has 1 saturated carbocycles. The molecule has 2 aromatic rings. The number of nitriles is 1. The Bertz CT molecular complexity index is 798. The van der Waals surface area contributed by atoms with E-state index < -0.39 is 0 Å². The summed E-state index contributed by atoms with van der Waals surface area (Å²) in [6, 6.07) is 4.27. The third-order valence-corrected chi connectivity index (χ3v) is 4.82. The molecule has 0 aromatic carbocycles. The van der Waals surface area contributed by atoms with Crippen molar-refractivity contribution in [3.8, 4) is 11.8 Å².